The van der Waals surface area contributed by atoms with Crippen molar-refractivity contribution in [1.29, 1.82) is 0 Å². The predicted octanol–water partition coefficient (Wildman–Crippen LogP) is 3.55. The maximum absolute atomic E-state index is 12.2. The maximum atomic E-state index is 12.2. The number of nitrogens with one attached hydrogen (secondary N) is 1. The number of hydrogen-bond donors (Lipinski definition) is 2. The zero-order valence-electron chi connectivity index (χ0n) is 11.7. The van der Waals surface area contributed by atoms with Crippen molar-refractivity contribution in [3.63, 3.8) is 0 Å². The summed E-state index contributed by atoms with van der Waals surface area (Å²) >= 11 is 5.95. The van der Waals surface area contributed by atoms with Crippen LogP contribution in [0, 0.1) is 12.8 Å². The molecular weight excluding hydrogens is 296 g/mol. The monoisotopic (exact) mass is 316 g/mol. The van der Waals surface area contributed by atoms with Gasteiger partial charge in [0.05, 0.1) is 22.2 Å². The summed E-state index contributed by atoms with van der Waals surface area (Å²) in [5.41, 5.74) is 7.44. The van der Waals surface area contributed by atoms with Gasteiger partial charge in [-0.1, -0.05) is 30.9 Å². The summed E-state index contributed by atoms with van der Waals surface area (Å²) in [5.74, 6) is 0.458. The fourth-order valence-electron chi connectivity index (χ4n) is 2.69. The van der Waals surface area contributed by atoms with E-state index in [1.54, 1.807) is 12.1 Å². The van der Waals surface area contributed by atoms with Crippen molar-refractivity contribution >= 4 is 33.0 Å². The molecular formula is C14H21ClN2O2S. The van der Waals surface area contributed by atoms with Crippen LogP contribution in [0.1, 0.15) is 37.7 Å². The molecule has 112 valence electrons. The van der Waals surface area contributed by atoms with Gasteiger partial charge in [-0.25, -0.2) is 8.42 Å². The van der Waals surface area contributed by atoms with Crippen LogP contribution < -0.4 is 10.5 Å². The van der Waals surface area contributed by atoms with E-state index in [-0.39, 0.29) is 11.7 Å². The molecule has 0 aromatic heterocycles. The molecule has 0 amide bonds. The van der Waals surface area contributed by atoms with Crippen molar-refractivity contribution in [2.24, 2.45) is 5.92 Å². The Kier molecular flexibility index (Phi) is 4.81. The minimum Gasteiger partial charge on any atom is -0.398 e. The fraction of sp³-hybridized carbons (Fsp3) is 0.571. The molecule has 1 fully saturated rings. The van der Waals surface area contributed by atoms with Gasteiger partial charge in [0.15, 0.2) is 0 Å². The van der Waals surface area contributed by atoms with Crippen LogP contribution >= 0.6 is 11.6 Å². The third-order valence-electron chi connectivity index (χ3n) is 3.79. The summed E-state index contributed by atoms with van der Waals surface area (Å²) in [5, 5.41) is 0.367. The molecule has 0 atom stereocenters. The zero-order chi connectivity index (χ0) is 14.8. The highest BCUT2D eigenvalue weighted by atomic mass is 35.5. The number of halogens is 1. The smallest absolute Gasteiger partial charge is 0.233 e. The van der Waals surface area contributed by atoms with Gasteiger partial charge >= 0.3 is 0 Å². The molecule has 4 nitrogen and oxygen atoms in total. The summed E-state index contributed by atoms with van der Waals surface area (Å²) in [7, 11) is -3.34. The Morgan fingerprint density at radius 1 is 1.30 bits per heavy atom. The lowest BCUT2D eigenvalue weighted by molar-refractivity contribution is 0.385. The lowest BCUT2D eigenvalue weighted by Gasteiger charge is -2.22. The molecule has 2 rings (SSSR count). The Labute approximate surface area is 125 Å². The molecule has 0 heterocycles. The van der Waals surface area contributed by atoms with Crippen molar-refractivity contribution in [2.75, 3.05) is 16.2 Å². The molecule has 1 saturated carbocycles. The Morgan fingerprint density at radius 2 is 1.95 bits per heavy atom. The van der Waals surface area contributed by atoms with Gasteiger partial charge < -0.3 is 5.73 Å². The standard InChI is InChI=1S/C14H21ClN2O2S/c1-10-7-13(16)12(15)8-14(10)17-20(18,19)9-11-5-3-2-4-6-11/h7-8,11,17H,2-6,9,16H2,1H3. The van der Waals surface area contributed by atoms with Crippen LogP contribution in [0.2, 0.25) is 5.02 Å². The number of nitrogen functional groups attached to an aromatic ring is 1. The molecule has 20 heavy (non-hydrogen) atoms. The number of hydrogen-bond acceptors (Lipinski definition) is 3. The average molecular weight is 317 g/mol. The van der Waals surface area contributed by atoms with E-state index in [9.17, 15) is 8.42 Å². The van der Waals surface area contributed by atoms with Crippen LogP contribution in [0.4, 0.5) is 11.4 Å². The topological polar surface area (TPSA) is 72.2 Å². The van der Waals surface area contributed by atoms with Crippen molar-refractivity contribution in [3.8, 4) is 0 Å². The summed E-state index contributed by atoms with van der Waals surface area (Å²) in [6, 6.07) is 3.26. The third-order valence-corrected chi connectivity index (χ3v) is 5.56. The van der Waals surface area contributed by atoms with Gasteiger partial charge in [-0.15, -0.1) is 0 Å². The lowest BCUT2D eigenvalue weighted by atomic mass is 9.91. The van der Waals surface area contributed by atoms with Gasteiger partial charge in [0.1, 0.15) is 0 Å². The minimum absolute atomic E-state index is 0.189. The normalized spacial score (nSPS) is 17.1. The number of aryl methyl sites for hydroxylation is 1. The van der Waals surface area contributed by atoms with Crippen molar-refractivity contribution in [2.45, 2.75) is 39.0 Å². The largest absolute Gasteiger partial charge is 0.398 e. The second-order valence-electron chi connectivity index (χ2n) is 5.58. The highest BCUT2D eigenvalue weighted by Crippen LogP contribution is 2.29. The number of nitrogens with two attached hydrogens (primary N) is 1. The predicted molar refractivity (Wildman–Crippen MR) is 84.6 cm³/mol. The van der Waals surface area contributed by atoms with E-state index in [2.05, 4.69) is 4.72 Å². The van der Waals surface area contributed by atoms with Crippen molar-refractivity contribution in [3.05, 3.63) is 22.7 Å². The van der Waals surface area contributed by atoms with E-state index in [0.29, 0.717) is 16.4 Å². The minimum atomic E-state index is -3.34. The van der Waals surface area contributed by atoms with Crippen LogP contribution in [-0.2, 0) is 10.0 Å². The van der Waals surface area contributed by atoms with Crippen molar-refractivity contribution < 1.29 is 8.42 Å². The summed E-state index contributed by atoms with van der Waals surface area (Å²) in [6.07, 6.45) is 5.49. The Hall–Kier alpha value is -0.940. The number of benzene rings is 1. The van der Waals surface area contributed by atoms with Crippen LogP contribution in [0.5, 0.6) is 0 Å². The molecule has 0 aliphatic heterocycles. The van der Waals surface area contributed by atoms with Crippen LogP contribution in [0.3, 0.4) is 0 Å². The molecule has 0 unspecified atom stereocenters. The quantitative estimate of drug-likeness (QED) is 0.834. The molecule has 0 saturated heterocycles. The Balaban J connectivity index is 2.09. The van der Waals surface area contributed by atoms with Gasteiger partial charge in [0, 0.05) is 0 Å². The van der Waals surface area contributed by atoms with Gasteiger partial charge in [-0.3, -0.25) is 4.72 Å². The van der Waals surface area contributed by atoms with Gasteiger partial charge in [-0.2, -0.15) is 0 Å². The molecule has 1 aliphatic carbocycles. The summed E-state index contributed by atoms with van der Waals surface area (Å²) in [4.78, 5) is 0. The Morgan fingerprint density at radius 3 is 2.60 bits per heavy atom. The van der Waals surface area contributed by atoms with E-state index in [1.807, 2.05) is 6.92 Å². The lowest BCUT2D eigenvalue weighted by Crippen LogP contribution is -2.24. The first-order valence-electron chi connectivity index (χ1n) is 6.93. The molecule has 1 aliphatic rings. The number of rotatable bonds is 4. The van der Waals surface area contributed by atoms with E-state index >= 15 is 0 Å². The van der Waals surface area contributed by atoms with E-state index in [0.717, 1.165) is 31.2 Å². The Bertz CT molecular complexity index is 581. The van der Waals surface area contributed by atoms with Gasteiger partial charge in [-0.05, 0) is 43.4 Å². The second-order valence-corrected chi connectivity index (χ2v) is 7.75. The van der Waals surface area contributed by atoms with Crippen LogP contribution in [0.25, 0.3) is 0 Å². The second kappa shape index (κ2) is 6.22. The van der Waals surface area contributed by atoms with Gasteiger partial charge in [0.25, 0.3) is 0 Å². The number of sulfonamides is 1. The average Bonchev–Trinajstić information content (AvgIpc) is 2.36. The van der Waals surface area contributed by atoms with Crippen LogP contribution in [-0.4, -0.2) is 14.2 Å². The molecule has 0 radical (unpaired) electrons. The molecule has 0 bridgehead atoms. The number of anilines is 2. The first-order chi connectivity index (χ1) is 9.37. The van der Waals surface area contributed by atoms with E-state index < -0.39 is 10.0 Å². The molecule has 0 spiro atoms. The first-order valence-corrected chi connectivity index (χ1v) is 8.96. The van der Waals surface area contributed by atoms with E-state index in [4.69, 9.17) is 17.3 Å². The van der Waals surface area contributed by atoms with E-state index in [1.165, 1.54) is 6.42 Å². The van der Waals surface area contributed by atoms with Gasteiger partial charge in [0.2, 0.25) is 10.0 Å². The highest BCUT2D eigenvalue weighted by molar-refractivity contribution is 7.92. The zero-order valence-corrected chi connectivity index (χ0v) is 13.2. The molecule has 6 heteroatoms. The highest BCUT2D eigenvalue weighted by Gasteiger charge is 2.22. The maximum Gasteiger partial charge on any atom is 0.233 e. The summed E-state index contributed by atoms with van der Waals surface area (Å²) in [6.45, 7) is 1.81. The molecule has 1 aromatic carbocycles. The van der Waals surface area contributed by atoms with Crippen LogP contribution in [0.15, 0.2) is 12.1 Å². The molecule has 1 aromatic rings. The summed E-state index contributed by atoms with van der Waals surface area (Å²) < 4.78 is 27.1. The van der Waals surface area contributed by atoms with Crippen molar-refractivity contribution in [1.82, 2.24) is 0 Å². The molecule has 3 N–H and O–H groups in total. The first kappa shape index (κ1) is 15.4. The fourth-order valence-corrected chi connectivity index (χ4v) is 4.44. The SMILES string of the molecule is Cc1cc(N)c(Cl)cc1NS(=O)(=O)CC1CCCCC1. The third kappa shape index (κ3) is 4.03.